The number of aliphatic carboxylic acids is 1. The van der Waals surface area contributed by atoms with E-state index in [0.29, 0.717) is 13.1 Å². The van der Waals surface area contributed by atoms with Crippen LogP contribution in [0.2, 0.25) is 0 Å². The first-order valence-electron chi connectivity index (χ1n) is 6.27. The topological polar surface area (TPSA) is 66.8 Å². The minimum atomic E-state index is -0.900. The average molecular weight is 241 g/mol. The largest absolute Gasteiger partial charge is 0.481 e. The second-order valence-corrected chi connectivity index (χ2v) is 4.69. The molecule has 0 aromatic carbocycles. The van der Waals surface area contributed by atoms with Crippen molar-refractivity contribution < 1.29 is 19.4 Å². The Morgan fingerprint density at radius 1 is 1.18 bits per heavy atom. The Balaban J connectivity index is 2.18. The van der Waals surface area contributed by atoms with Crippen molar-refractivity contribution in [3.63, 3.8) is 0 Å². The zero-order valence-electron chi connectivity index (χ0n) is 10.3. The molecular weight excluding hydrogens is 222 g/mol. The molecule has 2 rings (SSSR count). The van der Waals surface area contributed by atoms with E-state index in [-0.39, 0.29) is 18.1 Å². The normalized spacial score (nSPS) is 34.9. The second-order valence-electron chi connectivity index (χ2n) is 4.69. The number of hydrogen-bond acceptors (Lipinski definition) is 3. The number of amides is 1. The van der Waals surface area contributed by atoms with Gasteiger partial charge in [0.2, 0.25) is 5.91 Å². The maximum atomic E-state index is 12.3. The third kappa shape index (κ3) is 1.92. The maximum Gasteiger partial charge on any atom is 0.310 e. The van der Waals surface area contributed by atoms with E-state index in [1.807, 2.05) is 13.8 Å². The lowest BCUT2D eigenvalue weighted by Gasteiger charge is -2.29. The number of carbonyl (C=O) groups excluding carboxylic acids is 1. The highest BCUT2D eigenvalue weighted by molar-refractivity contribution is 5.86. The molecule has 2 fully saturated rings. The highest BCUT2D eigenvalue weighted by Gasteiger charge is 2.56. The number of carboxylic acid groups (broad SMARTS) is 1. The first-order valence-corrected chi connectivity index (χ1v) is 6.27. The molecule has 0 aromatic heterocycles. The Morgan fingerprint density at radius 2 is 1.71 bits per heavy atom. The summed E-state index contributed by atoms with van der Waals surface area (Å²) in [7, 11) is 0. The maximum absolute atomic E-state index is 12.3. The summed E-state index contributed by atoms with van der Waals surface area (Å²) in [5.74, 6) is -2.09. The summed E-state index contributed by atoms with van der Waals surface area (Å²) in [4.78, 5) is 25.2. The van der Waals surface area contributed by atoms with Gasteiger partial charge in [-0.05, 0) is 26.7 Å². The molecule has 2 bridgehead atoms. The molecule has 2 heterocycles. The first-order chi connectivity index (χ1) is 8.10. The zero-order valence-corrected chi connectivity index (χ0v) is 10.3. The summed E-state index contributed by atoms with van der Waals surface area (Å²) in [6.07, 6.45) is 1.13. The standard InChI is InChI=1S/C12H19NO4/c1-3-13(4-2)11(14)9-7-5-6-8(17-7)10(9)12(15)16/h7-10H,3-6H2,1-2H3,(H,15,16)/t7-,8-,9-,10-/m1/s1. The number of fused-ring (bicyclic) bond motifs is 2. The molecule has 0 aromatic rings. The van der Waals surface area contributed by atoms with Crippen molar-refractivity contribution in [1.82, 2.24) is 4.90 Å². The van der Waals surface area contributed by atoms with Gasteiger partial charge in [0.1, 0.15) is 0 Å². The van der Waals surface area contributed by atoms with Crippen LogP contribution in [0.1, 0.15) is 26.7 Å². The highest BCUT2D eigenvalue weighted by atomic mass is 16.5. The second kappa shape index (κ2) is 4.64. The molecule has 2 aliphatic rings. The van der Waals surface area contributed by atoms with Crippen molar-refractivity contribution in [2.45, 2.75) is 38.9 Å². The van der Waals surface area contributed by atoms with Gasteiger partial charge in [-0.25, -0.2) is 0 Å². The van der Waals surface area contributed by atoms with E-state index in [1.54, 1.807) is 4.90 Å². The van der Waals surface area contributed by atoms with Crippen LogP contribution in [0, 0.1) is 11.8 Å². The molecule has 96 valence electrons. The van der Waals surface area contributed by atoms with Crippen molar-refractivity contribution in [2.24, 2.45) is 11.8 Å². The third-order valence-electron chi connectivity index (χ3n) is 3.92. The number of ether oxygens (including phenoxy) is 1. The van der Waals surface area contributed by atoms with Gasteiger partial charge in [-0.15, -0.1) is 0 Å². The van der Waals surface area contributed by atoms with Crippen molar-refractivity contribution in [3.8, 4) is 0 Å². The molecule has 0 aliphatic carbocycles. The molecule has 2 saturated heterocycles. The SMILES string of the molecule is CCN(CC)C(=O)[C@H]1[C@H](C(=O)O)[C@H]2CC[C@H]1O2. The van der Waals surface area contributed by atoms with Crippen LogP contribution in [0.3, 0.4) is 0 Å². The third-order valence-corrected chi connectivity index (χ3v) is 3.92. The molecule has 1 N–H and O–H groups in total. The van der Waals surface area contributed by atoms with Crippen LogP contribution >= 0.6 is 0 Å². The van der Waals surface area contributed by atoms with Crippen molar-refractivity contribution in [1.29, 1.82) is 0 Å². The van der Waals surface area contributed by atoms with Crippen molar-refractivity contribution >= 4 is 11.9 Å². The van der Waals surface area contributed by atoms with Gasteiger partial charge < -0.3 is 14.7 Å². The number of carboxylic acids is 1. The molecule has 0 unspecified atom stereocenters. The Labute approximate surface area is 101 Å². The van der Waals surface area contributed by atoms with Crippen LogP contribution < -0.4 is 0 Å². The van der Waals surface area contributed by atoms with E-state index in [1.165, 1.54) is 0 Å². The Morgan fingerprint density at radius 3 is 2.18 bits per heavy atom. The van der Waals surface area contributed by atoms with Gasteiger partial charge in [0.15, 0.2) is 0 Å². The van der Waals surface area contributed by atoms with E-state index in [9.17, 15) is 14.7 Å². The molecule has 5 heteroatoms. The summed E-state index contributed by atoms with van der Waals surface area (Å²) in [6.45, 7) is 5.06. The number of carbonyl (C=O) groups is 2. The Kier molecular flexibility index (Phi) is 3.38. The van der Waals surface area contributed by atoms with E-state index < -0.39 is 17.8 Å². The lowest BCUT2D eigenvalue weighted by molar-refractivity contribution is -0.150. The fraction of sp³-hybridized carbons (Fsp3) is 0.833. The van der Waals surface area contributed by atoms with Crippen LogP contribution in [0.15, 0.2) is 0 Å². The molecule has 0 saturated carbocycles. The van der Waals surface area contributed by atoms with Gasteiger partial charge >= 0.3 is 5.97 Å². The predicted octanol–water partition coefficient (Wildman–Crippen LogP) is 0.733. The Bertz CT molecular complexity index is 326. The number of rotatable bonds is 4. The van der Waals surface area contributed by atoms with Crippen LogP contribution in [-0.4, -0.2) is 47.2 Å². The highest BCUT2D eigenvalue weighted by Crippen LogP contribution is 2.44. The van der Waals surface area contributed by atoms with Crippen LogP contribution in [0.4, 0.5) is 0 Å². The first kappa shape index (κ1) is 12.4. The van der Waals surface area contributed by atoms with Gasteiger partial charge in [0.25, 0.3) is 0 Å². The lowest BCUT2D eigenvalue weighted by atomic mass is 9.78. The number of hydrogen-bond donors (Lipinski definition) is 1. The fourth-order valence-electron chi connectivity index (χ4n) is 3.05. The predicted molar refractivity (Wildman–Crippen MR) is 60.4 cm³/mol. The molecule has 17 heavy (non-hydrogen) atoms. The van der Waals surface area contributed by atoms with E-state index in [4.69, 9.17) is 4.74 Å². The molecular formula is C12H19NO4. The van der Waals surface area contributed by atoms with Gasteiger partial charge in [-0.1, -0.05) is 0 Å². The van der Waals surface area contributed by atoms with Gasteiger partial charge in [-0.2, -0.15) is 0 Å². The molecule has 5 nitrogen and oxygen atoms in total. The fourth-order valence-corrected chi connectivity index (χ4v) is 3.05. The van der Waals surface area contributed by atoms with Crippen molar-refractivity contribution in [3.05, 3.63) is 0 Å². The monoisotopic (exact) mass is 241 g/mol. The lowest BCUT2D eigenvalue weighted by Crippen LogP contribution is -2.45. The molecule has 0 spiro atoms. The smallest absolute Gasteiger partial charge is 0.310 e. The minimum absolute atomic E-state index is 0.0606. The minimum Gasteiger partial charge on any atom is -0.481 e. The van der Waals surface area contributed by atoms with E-state index >= 15 is 0 Å². The molecule has 2 aliphatic heterocycles. The van der Waals surface area contributed by atoms with E-state index in [2.05, 4.69) is 0 Å². The zero-order chi connectivity index (χ0) is 12.6. The summed E-state index contributed by atoms with van der Waals surface area (Å²) in [6, 6.07) is 0. The molecule has 0 radical (unpaired) electrons. The van der Waals surface area contributed by atoms with E-state index in [0.717, 1.165) is 12.8 Å². The van der Waals surface area contributed by atoms with Crippen LogP contribution in [-0.2, 0) is 14.3 Å². The Hall–Kier alpha value is -1.10. The summed E-state index contributed by atoms with van der Waals surface area (Å²) >= 11 is 0. The summed E-state index contributed by atoms with van der Waals surface area (Å²) in [5, 5.41) is 9.23. The summed E-state index contributed by atoms with van der Waals surface area (Å²) in [5.41, 5.74) is 0. The van der Waals surface area contributed by atoms with Crippen LogP contribution in [0.25, 0.3) is 0 Å². The van der Waals surface area contributed by atoms with Gasteiger partial charge in [0.05, 0.1) is 24.0 Å². The molecule has 1 amide bonds. The average Bonchev–Trinajstić information content (AvgIpc) is 2.89. The van der Waals surface area contributed by atoms with Crippen molar-refractivity contribution in [2.75, 3.05) is 13.1 Å². The molecule has 4 atom stereocenters. The van der Waals surface area contributed by atoms with Gasteiger partial charge in [0, 0.05) is 13.1 Å². The quantitative estimate of drug-likeness (QED) is 0.788. The van der Waals surface area contributed by atoms with Crippen LogP contribution in [0.5, 0.6) is 0 Å². The number of nitrogens with zero attached hydrogens (tertiary/aromatic N) is 1. The summed E-state index contributed by atoms with van der Waals surface area (Å²) < 4.78 is 5.59. The van der Waals surface area contributed by atoms with Gasteiger partial charge in [-0.3, -0.25) is 9.59 Å².